The molecule has 1 aromatic rings. The Morgan fingerprint density at radius 1 is 1.39 bits per heavy atom. The van der Waals surface area contributed by atoms with Crippen LogP contribution in [0.1, 0.15) is 25.6 Å². The summed E-state index contributed by atoms with van der Waals surface area (Å²) in [6, 6.07) is 1.42. The molecule has 8 heteroatoms. The third kappa shape index (κ3) is 4.04. The van der Waals surface area contributed by atoms with Gasteiger partial charge in [0.2, 0.25) is 0 Å². The number of aromatic nitrogens is 2. The van der Waals surface area contributed by atoms with Gasteiger partial charge in [-0.15, -0.1) is 0 Å². The van der Waals surface area contributed by atoms with E-state index in [2.05, 4.69) is 20.7 Å². The second-order valence-corrected chi connectivity index (χ2v) is 4.16. The number of hydrogen-bond acceptors (Lipinski definition) is 6. The topological polar surface area (TPSA) is 96.1 Å². The Bertz CT molecular complexity index is 400. The maximum atomic E-state index is 12.9. The van der Waals surface area contributed by atoms with Gasteiger partial charge in [-0.3, -0.25) is 0 Å². The number of aliphatic hydroxyl groups excluding tert-OH is 1. The Morgan fingerprint density at radius 3 is 2.50 bits per heavy atom. The summed E-state index contributed by atoms with van der Waals surface area (Å²) in [5, 5.41) is 10.9. The molecule has 102 valence electrons. The third-order valence-corrected chi connectivity index (χ3v) is 2.17. The molecule has 5 N–H and O–H groups in total. The highest BCUT2D eigenvalue weighted by molar-refractivity contribution is 5.47. The fourth-order valence-corrected chi connectivity index (χ4v) is 1.16. The van der Waals surface area contributed by atoms with Gasteiger partial charge >= 0.3 is 0 Å². The Kier molecular flexibility index (Phi) is 4.74. The smallest absolute Gasteiger partial charge is 0.287 e. The highest BCUT2D eigenvalue weighted by Crippen LogP contribution is 2.18. The lowest BCUT2D eigenvalue weighted by atomic mass is 10.2. The van der Waals surface area contributed by atoms with Crippen molar-refractivity contribution in [1.82, 2.24) is 9.97 Å². The largest absolute Gasteiger partial charge is 0.390 e. The lowest BCUT2D eigenvalue weighted by Crippen LogP contribution is -2.31. The zero-order valence-corrected chi connectivity index (χ0v) is 10.2. The van der Waals surface area contributed by atoms with Crippen LogP contribution in [0.4, 0.5) is 20.4 Å². The molecule has 0 aromatic carbocycles. The van der Waals surface area contributed by atoms with Crippen LogP contribution in [0.25, 0.3) is 0 Å². The minimum absolute atomic E-state index is 0.0391. The zero-order chi connectivity index (χ0) is 13.8. The van der Waals surface area contributed by atoms with Crippen LogP contribution in [0, 0.1) is 0 Å². The van der Waals surface area contributed by atoms with Crippen LogP contribution in [0.15, 0.2) is 6.07 Å². The number of aliphatic hydroxyl groups is 1. The van der Waals surface area contributed by atoms with Crippen molar-refractivity contribution >= 4 is 11.6 Å². The van der Waals surface area contributed by atoms with Crippen LogP contribution in [0.2, 0.25) is 0 Å². The fourth-order valence-electron chi connectivity index (χ4n) is 1.16. The van der Waals surface area contributed by atoms with Crippen LogP contribution in [0.3, 0.4) is 0 Å². The number of halogens is 2. The molecule has 0 amide bonds. The monoisotopic (exact) mass is 261 g/mol. The number of alkyl halides is 2. The lowest BCUT2D eigenvalue weighted by molar-refractivity contribution is -0.0373. The van der Waals surface area contributed by atoms with E-state index in [1.165, 1.54) is 6.07 Å². The number of nitrogens with two attached hydrogens (primary N) is 1. The molecule has 0 fully saturated rings. The molecular weight excluding hydrogens is 244 g/mol. The summed E-state index contributed by atoms with van der Waals surface area (Å²) in [5.41, 5.74) is 2.35. The van der Waals surface area contributed by atoms with Gasteiger partial charge in [0.15, 0.2) is 0 Å². The van der Waals surface area contributed by atoms with Gasteiger partial charge in [0, 0.05) is 12.0 Å². The lowest BCUT2D eigenvalue weighted by Gasteiger charge is -2.16. The van der Waals surface area contributed by atoms with Gasteiger partial charge in [-0.25, -0.2) is 24.6 Å². The molecule has 0 aliphatic heterocycles. The molecule has 1 rings (SSSR count). The number of nitrogens with one attached hydrogen (secondary N) is 2. The van der Waals surface area contributed by atoms with Gasteiger partial charge in [-0.2, -0.15) is 0 Å². The Balaban J connectivity index is 2.85. The molecule has 1 heterocycles. The summed E-state index contributed by atoms with van der Waals surface area (Å²) < 4.78 is 25.8. The minimum atomic E-state index is -3.20. The molecule has 0 unspecified atom stereocenters. The summed E-state index contributed by atoms with van der Waals surface area (Å²) in [6.45, 7) is 1.83. The van der Waals surface area contributed by atoms with E-state index >= 15 is 0 Å². The zero-order valence-electron chi connectivity index (χ0n) is 10.2. The number of hydrogen-bond donors (Lipinski definition) is 4. The Hall–Kier alpha value is -1.54. The molecule has 0 spiro atoms. The Morgan fingerprint density at radius 2 is 2.00 bits per heavy atom. The molecule has 0 saturated heterocycles. The molecule has 6 nitrogen and oxygen atoms in total. The maximum Gasteiger partial charge on any atom is 0.287 e. The van der Waals surface area contributed by atoms with E-state index in [4.69, 9.17) is 10.9 Å². The molecule has 0 aliphatic carbocycles. The van der Waals surface area contributed by atoms with Crippen molar-refractivity contribution < 1.29 is 13.9 Å². The average Bonchev–Trinajstić information content (AvgIpc) is 2.36. The first kappa shape index (κ1) is 14.5. The first-order valence-corrected chi connectivity index (χ1v) is 5.46. The maximum absolute atomic E-state index is 12.9. The first-order valence-electron chi connectivity index (χ1n) is 5.46. The van der Waals surface area contributed by atoms with E-state index < -0.39 is 19.1 Å². The molecule has 0 bridgehead atoms. The fraction of sp³-hybridized carbons (Fsp3) is 0.600. The number of nitrogens with zero attached hydrogens (tertiary/aromatic N) is 2. The van der Waals surface area contributed by atoms with Crippen molar-refractivity contribution in [1.29, 1.82) is 0 Å². The highest BCUT2D eigenvalue weighted by atomic mass is 19.3. The minimum Gasteiger partial charge on any atom is -0.390 e. The second kappa shape index (κ2) is 5.87. The predicted octanol–water partition coefficient (Wildman–Crippen LogP) is 0.925. The summed E-state index contributed by atoms with van der Waals surface area (Å²) in [4.78, 5) is 8.18. The molecule has 18 heavy (non-hydrogen) atoms. The van der Waals surface area contributed by atoms with Crippen LogP contribution in [-0.2, 0) is 0 Å². The summed E-state index contributed by atoms with van der Waals surface area (Å²) >= 11 is 0. The number of hydrazine groups is 1. The molecule has 0 aliphatic rings. The van der Waals surface area contributed by atoms with Crippen LogP contribution >= 0.6 is 0 Å². The van der Waals surface area contributed by atoms with E-state index in [1.807, 2.05) is 13.8 Å². The van der Waals surface area contributed by atoms with Gasteiger partial charge in [-0.05, 0) is 0 Å². The van der Waals surface area contributed by atoms with Crippen LogP contribution < -0.4 is 16.6 Å². The van der Waals surface area contributed by atoms with Crippen molar-refractivity contribution in [2.24, 2.45) is 5.84 Å². The number of nitrogen functional groups attached to an aromatic ring is 1. The molecule has 0 radical (unpaired) electrons. The van der Waals surface area contributed by atoms with Crippen molar-refractivity contribution in [3.63, 3.8) is 0 Å². The van der Waals surface area contributed by atoms with Gasteiger partial charge in [0.1, 0.15) is 24.1 Å². The first-order chi connectivity index (χ1) is 8.38. The van der Waals surface area contributed by atoms with E-state index in [-0.39, 0.29) is 11.7 Å². The van der Waals surface area contributed by atoms with Crippen molar-refractivity contribution in [3.05, 3.63) is 11.9 Å². The number of rotatable bonds is 6. The average molecular weight is 261 g/mol. The van der Waals surface area contributed by atoms with E-state index in [0.29, 0.717) is 11.6 Å². The van der Waals surface area contributed by atoms with Gasteiger partial charge < -0.3 is 15.8 Å². The second-order valence-electron chi connectivity index (χ2n) is 4.16. The quantitative estimate of drug-likeness (QED) is 0.449. The normalized spacial score (nSPS) is 11.7. The van der Waals surface area contributed by atoms with Crippen LogP contribution in [-0.4, -0.2) is 34.1 Å². The van der Waals surface area contributed by atoms with Crippen LogP contribution in [0.5, 0.6) is 0 Å². The molecule has 1 aromatic heterocycles. The molecular formula is C10H17F2N5O. The number of anilines is 2. The van der Waals surface area contributed by atoms with Gasteiger partial charge in [0.05, 0.1) is 6.54 Å². The third-order valence-electron chi connectivity index (χ3n) is 2.17. The van der Waals surface area contributed by atoms with Crippen molar-refractivity contribution in [2.75, 3.05) is 23.9 Å². The standard InChI is InChI=1S/C10H17F2N5O/c1-6(2)9-15-7(3-8(16-9)17-13)14-4-10(11,12)5-18/h3,6,18H,4-5,13H2,1-2H3,(H2,14,15,16,17). The van der Waals surface area contributed by atoms with Crippen molar-refractivity contribution in [3.8, 4) is 0 Å². The highest BCUT2D eigenvalue weighted by Gasteiger charge is 2.27. The van der Waals surface area contributed by atoms with E-state index in [0.717, 1.165) is 0 Å². The summed E-state index contributed by atoms with van der Waals surface area (Å²) in [5.74, 6) is 3.14. The van der Waals surface area contributed by atoms with E-state index in [9.17, 15) is 8.78 Å². The summed E-state index contributed by atoms with van der Waals surface area (Å²) in [7, 11) is 0. The molecule has 0 atom stereocenters. The van der Waals surface area contributed by atoms with Gasteiger partial charge in [-0.1, -0.05) is 13.8 Å². The molecule has 0 saturated carbocycles. The Labute approximate surface area is 104 Å². The van der Waals surface area contributed by atoms with Gasteiger partial charge in [0.25, 0.3) is 5.92 Å². The summed E-state index contributed by atoms with van der Waals surface area (Å²) in [6.07, 6.45) is 0. The predicted molar refractivity (Wildman–Crippen MR) is 64.5 cm³/mol. The SMILES string of the molecule is CC(C)c1nc(NN)cc(NCC(F)(F)CO)n1. The van der Waals surface area contributed by atoms with E-state index in [1.54, 1.807) is 0 Å². The van der Waals surface area contributed by atoms with Crippen molar-refractivity contribution in [2.45, 2.75) is 25.7 Å².